The molecular weight excluding hydrogens is 276 g/mol. The standard InChI is InChI=1S/C19H28O3/c1-12(2)11-21-17-13(3)15(8-7-9-20)18-16(14(17)4)10-19(5,6)22-18/h20H,1,7-11H2,2-6H3. The molecule has 0 aliphatic carbocycles. The van der Waals surface area contributed by atoms with E-state index in [2.05, 4.69) is 34.3 Å². The van der Waals surface area contributed by atoms with Gasteiger partial charge in [-0.3, -0.25) is 0 Å². The summed E-state index contributed by atoms with van der Waals surface area (Å²) in [6, 6.07) is 0. The molecule has 0 saturated heterocycles. The maximum absolute atomic E-state index is 9.19. The lowest BCUT2D eigenvalue weighted by Gasteiger charge is -2.21. The zero-order chi connectivity index (χ0) is 16.5. The third kappa shape index (κ3) is 3.30. The summed E-state index contributed by atoms with van der Waals surface area (Å²) in [4.78, 5) is 0. The SMILES string of the molecule is C=C(C)COc1c(C)c(CCCO)c2c(c1C)CC(C)(C)O2. The summed E-state index contributed by atoms with van der Waals surface area (Å²) >= 11 is 0. The molecule has 0 saturated carbocycles. The predicted molar refractivity (Wildman–Crippen MR) is 90.0 cm³/mol. The molecule has 3 heteroatoms. The van der Waals surface area contributed by atoms with Gasteiger partial charge in [0.15, 0.2) is 0 Å². The van der Waals surface area contributed by atoms with E-state index in [1.807, 2.05) is 6.92 Å². The molecule has 1 aromatic rings. The van der Waals surface area contributed by atoms with Gasteiger partial charge in [0.2, 0.25) is 0 Å². The molecule has 22 heavy (non-hydrogen) atoms. The van der Waals surface area contributed by atoms with Gasteiger partial charge in [-0.2, -0.15) is 0 Å². The summed E-state index contributed by atoms with van der Waals surface area (Å²) in [6.07, 6.45) is 2.44. The Morgan fingerprint density at radius 1 is 1.32 bits per heavy atom. The Bertz CT molecular complexity index is 585. The van der Waals surface area contributed by atoms with Gasteiger partial charge >= 0.3 is 0 Å². The van der Waals surface area contributed by atoms with Crippen molar-refractivity contribution in [3.8, 4) is 11.5 Å². The fourth-order valence-corrected chi connectivity index (χ4v) is 3.12. The summed E-state index contributed by atoms with van der Waals surface area (Å²) in [5.74, 6) is 1.96. The van der Waals surface area contributed by atoms with Crippen molar-refractivity contribution in [3.63, 3.8) is 0 Å². The lowest BCUT2D eigenvalue weighted by molar-refractivity contribution is 0.137. The molecule has 0 radical (unpaired) electrons. The molecule has 0 spiro atoms. The van der Waals surface area contributed by atoms with Crippen LogP contribution in [0.2, 0.25) is 0 Å². The second-order valence-electron chi connectivity index (χ2n) is 6.98. The van der Waals surface area contributed by atoms with Gasteiger partial charge in [0.25, 0.3) is 0 Å². The average Bonchev–Trinajstić information content (AvgIpc) is 2.74. The largest absolute Gasteiger partial charge is 0.489 e. The zero-order valence-electron chi connectivity index (χ0n) is 14.5. The van der Waals surface area contributed by atoms with E-state index in [1.165, 1.54) is 16.7 Å². The van der Waals surface area contributed by atoms with Crippen LogP contribution in [0.1, 0.15) is 49.4 Å². The topological polar surface area (TPSA) is 38.7 Å². The van der Waals surface area contributed by atoms with E-state index in [0.717, 1.165) is 41.9 Å². The number of benzene rings is 1. The van der Waals surface area contributed by atoms with E-state index in [-0.39, 0.29) is 12.2 Å². The van der Waals surface area contributed by atoms with E-state index < -0.39 is 0 Å². The van der Waals surface area contributed by atoms with Crippen LogP contribution in [0.25, 0.3) is 0 Å². The quantitative estimate of drug-likeness (QED) is 0.810. The summed E-state index contributed by atoms with van der Waals surface area (Å²) in [5.41, 5.74) is 5.56. The Morgan fingerprint density at radius 3 is 2.59 bits per heavy atom. The number of hydrogen-bond donors (Lipinski definition) is 1. The Morgan fingerprint density at radius 2 is 2.00 bits per heavy atom. The van der Waals surface area contributed by atoms with E-state index in [1.54, 1.807) is 0 Å². The fourth-order valence-electron chi connectivity index (χ4n) is 3.12. The van der Waals surface area contributed by atoms with Crippen LogP contribution < -0.4 is 9.47 Å². The highest BCUT2D eigenvalue weighted by Crippen LogP contribution is 2.46. The minimum atomic E-state index is -0.180. The molecule has 122 valence electrons. The van der Waals surface area contributed by atoms with Crippen LogP contribution >= 0.6 is 0 Å². The first-order chi connectivity index (χ1) is 10.3. The molecule has 0 atom stereocenters. The van der Waals surface area contributed by atoms with Gasteiger partial charge in [-0.1, -0.05) is 6.58 Å². The van der Waals surface area contributed by atoms with Gasteiger partial charge in [-0.25, -0.2) is 0 Å². The van der Waals surface area contributed by atoms with Crippen LogP contribution in [0.3, 0.4) is 0 Å². The Labute approximate surface area is 134 Å². The molecule has 1 aliphatic rings. The number of hydrogen-bond acceptors (Lipinski definition) is 3. The van der Waals surface area contributed by atoms with E-state index in [4.69, 9.17) is 9.47 Å². The normalized spacial score (nSPS) is 15.4. The van der Waals surface area contributed by atoms with Crippen LogP contribution in [-0.4, -0.2) is 23.9 Å². The highest BCUT2D eigenvalue weighted by molar-refractivity contribution is 5.60. The molecule has 1 aliphatic heterocycles. The number of aliphatic hydroxyl groups excluding tert-OH is 1. The molecule has 1 heterocycles. The molecule has 1 N–H and O–H groups in total. The number of fused-ring (bicyclic) bond motifs is 1. The van der Waals surface area contributed by atoms with E-state index >= 15 is 0 Å². The Balaban J connectivity index is 2.50. The highest BCUT2D eigenvalue weighted by Gasteiger charge is 2.35. The second kappa shape index (κ2) is 6.33. The summed E-state index contributed by atoms with van der Waals surface area (Å²) in [6.45, 7) is 15.0. The van der Waals surface area contributed by atoms with Crippen molar-refractivity contribution < 1.29 is 14.6 Å². The third-order valence-corrected chi connectivity index (χ3v) is 4.16. The van der Waals surface area contributed by atoms with Gasteiger partial charge < -0.3 is 14.6 Å². The first-order valence-corrected chi connectivity index (χ1v) is 7.99. The Hall–Kier alpha value is -1.48. The molecule has 0 bridgehead atoms. The van der Waals surface area contributed by atoms with Crippen molar-refractivity contribution in [2.24, 2.45) is 0 Å². The van der Waals surface area contributed by atoms with Crippen molar-refractivity contribution in [1.82, 2.24) is 0 Å². The van der Waals surface area contributed by atoms with Crippen LogP contribution in [0.4, 0.5) is 0 Å². The fraction of sp³-hybridized carbons (Fsp3) is 0.579. The highest BCUT2D eigenvalue weighted by atomic mass is 16.5. The first kappa shape index (κ1) is 16.9. The van der Waals surface area contributed by atoms with Gasteiger partial charge in [0.05, 0.1) is 0 Å². The Kier molecular flexibility index (Phi) is 4.86. The smallest absolute Gasteiger partial charge is 0.127 e. The lowest BCUT2D eigenvalue weighted by Crippen LogP contribution is -2.25. The van der Waals surface area contributed by atoms with Gasteiger partial charge in [0.1, 0.15) is 23.7 Å². The van der Waals surface area contributed by atoms with E-state index in [0.29, 0.717) is 6.61 Å². The van der Waals surface area contributed by atoms with Crippen molar-refractivity contribution in [2.45, 2.75) is 59.5 Å². The van der Waals surface area contributed by atoms with Gasteiger partial charge in [-0.15, -0.1) is 0 Å². The first-order valence-electron chi connectivity index (χ1n) is 7.99. The number of ether oxygens (including phenoxy) is 2. The predicted octanol–water partition coefficient (Wildman–Crippen LogP) is 3.90. The molecular formula is C19H28O3. The molecule has 0 unspecified atom stereocenters. The molecule has 3 nitrogen and oxygen atoms in total. The van der Waals surface area contributed by atoms with Crippen LogP contribution in [-0.2, 0) is 12.8 Å². The van der Waals surface area contributed by atoms with Crippen molar-refractivity contribution in [1.29, 1.82) is 0 Å². The van der Waals surface area contributed by atoms with Crippen molar-refractivity contribution in [2.75, 3.05) is 13.2 Å². The third-order valence-electron chi connectivity index (χ3n) is 4.16. The van der Waals surface area contributed by atoms with Crippen LogP contribution in [0, 0.1) is 13.8 Å². The van der Waals surface area contributed by atoms with Crippen molar-refractivity contribution >= 4 is 0 Å². The second-order valence-corrected chi connectivity index (χ2v) is 6.98. The maximum atomic E-state index is 9.19. The molecule has 0 fully saturated rings. The zero-order valence-corrected chi connectivity index (χ0v) is 14.5. The molecule has 1 aromatic carbocycles. The number of rotatable bonds is 6. The van der Waals surface area contributed by atoms with Crippen LogP contribution in [0.15, 0.2) is 12.2 Å². The minimum Gasteiger partial charge on any atom is -0.489 e. The maximum Gasteiger partial charge on any atom is 0.127 e. The molecule has 2 rings (SSSR count). The van der Waals surface area contributed by atoms with Gasteiger partial charge in [0, 0.05) is 24.2 Å². The molecule has 0 amide bonds. The summed E-state index contributed by atoms with van der Waals surface area (Å²) in [5, 5.41) is 9.19. The molecule has 0 aromatic heterocycles. The summed E-state index contributed by atoms with van der Waals surface area (Å²) < 4.78 is 12.2. The summed E-state index contributed by atoms with van der Waals surface area (Å²) in [7, 11) is 0. The van der Waals surface area contributed by atoms with Crippen LogP contribution in [0.5, 0.6) is 11.5 Å². The lowest BCUT2D eigenvalue weighted by atomic mass is 9.91. The average molecular weight is 304 g/mol. The monoisotopic (exact) mass is 304 g/mol. The number of aliphatic hydroxyl groups is 1. The van der Waals surface area contributed by atoms with Gasteiger partial charge in [-0.05, 0) is 64.2 Å². The minimum absolute atomic E-state index is 0.180. The van der Waals surface area contributed by atoms with E-state index in [9.17, 15) is 5.11 Å². The van der Waals surface area contributed by atoms with Crippen molar-refractivity contribution in [3.05, 3.63) is 34.4 Å².